The van der Waals surface area contributed by atoms with Gasteiger partial charge in [0.15, 0.2) is 0 Å². The number of nitrogens with one attached hydrogen (secondary N) is 1. The Labute approximate surface area is 87.8 Å². The number of ether oxygens (including phenoxy) is 1. The number of rotatable bonds is 5. The molecule has 1 N–H and O–H groups in total. The minimum atomic E-state index is 0.713. The van der Waals surface area contributed by atoms with Gasteiger partial charge in [0, 0.05) is 25.7 Å². The van der Waals surface area contributed by atoms with Gasteiger partial charge in [0.2, 0.25) is 0 Å². The lowest BCUT2D eigenvalue weighted by Crippen LogP contribution is -2.35. The van der Waals surface area contributed by atoms with Crippen molar-refractivity contribution in [3.63, 3.8) is 0 Å². The molecule has 0 saturated carbocycles. The molecule has 0 aromatic carbocycles. The van der Waals surface area contributed by atoms with E-state index in [1.165, 1.54) is 25.8 Å². The Balaban J connectivity index is 2.16. The molecule has 14 heavy (non-hydrogen) atoms. The predicted octanol–water partition coefficient (Wildman–Crippen LogP) is 1.10. The molecule has 0 radical (unpaired) electrons. The first-order valence-electron chi connectivity index (χ1n) is 5.81. The normalized spacial score (nSPS) is 21.9. The van der Waals surface area contributed by atoms with E-state index < -0.39 is 0 Å². The SMILES string of the molecule is CNCCCC(C)N1CCCOCC1. The zero-order chi connectivity index (χ0) is 10.2. The average molecular weight is 200 g/mol. The van der Waals surface area contributed by atoms with Crippen LogP contribution in [0.3, 0.4) is 0 Å². The molecule has 3 nitrogen and oxygen atoms in total. The van der Waals surface area contributed by atoms with Crippen molar-refractivity contribution in [3.05, 3.63) is 0 Å². The fourth-order valence-electron chi connectivity index (χ4n) is 1.96. The summed E-state index contributed by atoms with van der Waals surface area (Å²) in [6.07, 6.45) is 3.76. The fourth-order valence-corrected chi connectivity index (χ4v) is 1.96. The summed E-state index contributed by atoms with van der Waals surface area (Å²) < 4.78 is 5.45. The molecule has 84 valence electrons. The second-order valence-corrected chi connectivity index (χ2v) is 4.10. The Morgan fingerprint density at radius 2 is 2.21 bits per heavy atom. The van der Waals surface area contributed by atoms with E-state index in [0.29, 0.717) is 6.04 Å². The second kappa shape index (κ2) is 7.21. The second-order valence-electron chi connectivity index (χ2n) is 4.10. The first kappa shape index (κ1) is 12.0. The van der Waals surface area contributed by atoms with Crippen LogP contribution in [-0.2, 0) is 4.74 Å². The van der Waals surface area contributed by atoms with Crippen LogP contribution in [0.4, 0.5) is 0 Å². The molecule has 1 atom stereocenters. The summed E-state index contributed by atoms with van der Waals surface area (Å²) in [6.45, 7) is 7.65. The predicted molar refractivity (Wildman–Crippen MR) is 59.6 cm³/mol. The van der Waals surface area contributed by atoms with E-state index in [0.717, 1.165) is 26.3 Å². The third kappa shape index (κ3) is 4.40. The van der Waals surface area contributed by atoms with Gasteiger partial charge in [0.05, 0.1) is 6.61 Å². The highest BCUT2D eigenvalue weighted by Gasteiger charge is 2.14. The molecule has 1 saturated heterocycles. The lowest BCUT2D eigenvalue weighted by molar-refractivity contribution is 0.132. The highest BCUT2D eigenvalue weighted by atomic mass is 16.5. The van der Waals surface area contributed by atoms with E-state index in [1.54, 1.807) is 0 Å². The lowest BCUT2D eigenvalue weighted by Gasteiger charge is -2.26. The van der Waals surface area contributed by atoms with Crippen LogP contribution < -0.4 is 5.32 Å². The highest BCUT2D eigenvalue weighted by molar-refractivity contribution is 4.69. The van der Waals surface area contributed by atoms with Crippen molar-refractivity contribution in [1.82, 2.24) is 10.2 Å². The molecule has 1 heterocycles. The average Bonchev–Trinajstić information content (AvgIpc) is 2.46. The van der Waals surface area contributed by atoms with Crippen LogP contribution in [0.5, 0.6) is 0 Å². The van der Waals surface area contributed by atoms with Gasteiger partial charge in [0.1, 0.15) is 0 Å². The van der Waals surface area contributed by atoms with Crippen molar-refractivity contribution in [2.24, 2.45) is 0 Å². The molecule has 0 bridgehead atoms. The Morgan fingerprint density at radius 3 is 3.00 bits per heavy atom. The third-order valence-corrected chi connectivity index (χ3v) is 2.93. The summed E-state index contributed by atoms with van der Waals surface area (Å²) in [4.78, 5) is 2.56. The van der Waals surface area contributed by atoms with Crippen LogP contribution in [0.15, 0.2) is 0 Å². The molecule has 0 amide bonds. The van der Waals surface area contributed by atoms with E-state index in [2.05, 4.69) is 17.1 Å². The summed E-state index contributed by atoms with van der Waals surface area (Å²) >= 11 is 0. The van der Waals surface area contributed by atoms with Crippen LogP contribution in [0.25, 0.3) is 0 Å². The summed E-state index contributed by atoms with van der Waals surface area (Å²) in [7, 11) is 2.02. The van der Waals surface area contributed by atoms with Crippen molar-refractivity contribution >= 4 is 0 Å². The molecule has 0 aromatic rings. The maximum atomic E-state index is 5.45. The van der Waals surface area contributed by atoms with Gasteiger partial charge in [0.25, 0.3) is 0 Å². The van der Waals surface area contributed by atoms with E-state index in [-0.39, 0.29) is 0 Å². The van der Waals surface area contributed by atoms with Gasteiger partial charge < -0.3 is 10.1 Å². The molecule has 1 fully saturated rings. The first-order valence-corrected chi connectivity index (χ1v) is 5.81. The fraction of sp³-hybridized carbons (Fsp3) is 1.00. The van der Waals surface area contributed by atoms with Crippen LogP contribution in [-0.4, -0.2) is 50.8 Å². The summed E-state index contributed by atoms with van der Waals surface area (Å²) in [6, 6.07) is 0.713. The summed E-state index contributed by atoms with van der Waals surface area (Å²) in [5.41, 5.74) is 0. The van der Waals surface area contributed by atoms with Gasteiger partial charge in [-0.05, 0) is 39.8 Å². The molecule has 1 rings (SSSR count). The standard InChI is InChI=1S/C11H24N2O/c1-11(5-3-6-12-2)13-7-4-9-14-10-8-13/h11-12H,3-10H2,1-2H3. The zero-order valence-electron chi connectivity index (χ0n) is 9.59. The number of nitrogens with zero attached hydrogens (tertiary/aromatic N) is 1. The van der Waals surface area contributed by atoms with E-state index in [1.807, 2.05) is 7.05 Å². The molecule has 0 aromatic heterocycles. The maximum absolute atomic E-state index is 5.45. The Bertz CT molecular complexity index is 133. The first-order chi connectivity index (χ1) is 6.84. The molecule has 1 aliphatic heterocycles. The zero-order valence-corrected chi connectivity index (χ0v) is 9.59. The highest BCUT2D eigenvalue weighted by Crippen LogP contribution is 2.09. The minimum Gasteiger partial charge on any atom is -0.380 e. The smallest absolute Gasteiger partial charge is 0.0593 e. The van der Waals surface area contributed by atoms with E-state index in [4.69, 9.17) is 4.74 Å². The van der Waals surface area contributed by atoms with Crippen molar-refractivity contribution in [2.45, 2.75) is 32.2 Å². The maximum Gasteiger partial charge on any atom is 0.0593 e. The summed E-state index contributed by atoms with van der Waals surface area (Å²) in [5, 5.41) is 3.20. The molecule has 3 heteroatoms. The molecule has 1 unspecified atom stereocenters. The molecule has 0 spiro atoms. The van der Waals surface area contributed by atoms with Crippen LogP contribution in [0, 0.1) is 0 Å². The van der Waals surface area contributed by atoms with Gasteiger partial charge in [-0.25, -0.2) is 0 Å². The van der Waals surface area contributed by atoms with Crippen molar-refractivity contribution in [3.8, 4) is 0 Å². The van der Waals surface area contributed by atoms with E-state index >= 15 is 0 Å². The Kier molecular flexibility index (Phi) is 6.15. The van der Waals surface area contributed by atoms with Crippen LogP contribution in [0.2, 0.25) is 0 Å². The third-order valence-electron chi connectivity index (χ3n) is 2.93. The van der Waals surface area contributed by atoms with Crippen LogP contribution >= 0.6 is 0 Å². The van der Waals surface area contributed by atoms with Crippen molar-refractivity contribution < 1.29 is 4.74 Å². The van der Waals surface area contributed by atoms with Crippen molar-refractivity contribution in [2.75, 3.05) is 39.9 Å². The Hall–Kier alpha value is -0.120. The molecular formula is C11H24N2O. The molecule has 1 aliphatic rings. The number of hydrogen-bond donors (Lipinski definition) is 1. The quantitative estimate of drug-likeness (QED) is 0.673. The monoisotopic (exact) mass is 200 g/mol. The molecule has 0 aliphatic carbocycles. The molecular weight excluding hydrogens is 176 g/mol. The Morgan fingerprint density at radius 1 is 1.36 bits per heavy atom. The van der Waals surface area contributed by atoms with E-state index in [9.17, 15) is 0 Å². The lowest BCUT2D eigenvalue weighted by atomic mass is 10.1. The minimum absolute atomic E-state index is 0.713. The topological polar surface area (TPSA) is 24.5 Å². The van der Waals surface area contributed by atoms with Crippen LogP contribution in [0.1, 0.15) is 26.2 Å². The van der Waals surface area contributed by atoms with Gasteiger partial charge >= 0.3 is 0 Å². The number of hydrogen-bond acceptors (Lipinski definition) is 3. The summed E-state index contributed by atoms with van der Waals surface area (Å²) in [5.74, 6) is 0. The van der Waals surface area contributed by atoms with Gasteiger partial charge in [-0.3, -0.25) is 4.90 Å². The van der Waals surface area contributed by atoms with Crippen molar-refractivity contribution in [1.29, 1.82) is 0 Å². The van der Waals surface area contributed by atoms with Gasteiger partial charge in [-0.1, -0.05) is 0 Å². The largest absolute Gasteiger partial charge is 0.380 e. The van der Waals surface area contributed by atoms with Gasteiger partial charge in [-0.2, -0.15) is 0 Å². The van der Waals surface area contributed by atoms with Gasteiger partial charge in [-0.15, -0.1) is 0 Å².